The van der Waals surface area contributed by atoms with Gasteiger partial charge in [0.1, 0.15) is 5.82 Å². The van der Waals surface area contributed by atoms with Gasteiger partial charge in [-0.25, -0.2) is 4.39 Å². The van der Waals surface area contributed by atoms with Gasteiger partial charge in [-0.05, 0) is 43.7 Å². The van der Waals surface area contributed by atoms with Crippen LogP contribution in [0, 0.1) is 12.7 Å². The van der Waals surface area contributed by atoms with Gasteiger partial charge in [-0.1, -0.05) is 24.3 Å². The number of para-hydroxylation sites is 1. The number of nitrogens with zero attached hydrogens (tertiary/aromatic N) is 1. The Labute approximate surface area is 148 Å². The van der Waals surface area contributed by atoms with E-state index < -0.39 is 0 Å². The second-order valence-corrected chi connectivity index (χ2v) is 6.66. The standard InChI is InChI=1S/C20H24FN3O/c1-15-8-9-17(14-19(15)21)22-20(25)16(2)23-10-12-24(13-11-23)18-6-4-3-5-7-18/h3-9,14,16H,10-13H2,1-2H3,(H,22,25)/p+1/t16-/m0/s1. The Morgan fingerprint density at radius 2 is 1.84 bits per heavy atom. The van der Waals surface area contributed by atoms with E-state index >= 15 is 0 Å². The first-order chi connectivity index (χ1) is 12.0. The quantitative estimate of drug-likeness (QED) is 0.890. The highest BCUT2D eigenvalue weighted by Crippen LogP contribution is 2.14. The fourth-order valence-electron chi connectivity index (χ4n) is 3.23. The topological polar surface area (TPSA) is 36.8 Å². The zero-order chi connectivity index (χ0) is 17.8. The van der Waals surface area contributed by atoms with Crippen LogP contribution in [-0.2, 0) is 4.79 Å². The van der Waals surface area contributed by atoms with Crippen molar-refractivity contribution >= 4 is 17.3 Å². The summed E-state index contributed by atoms with van der Waals surface area (Å²) in [6, 6.07) is 15.0. The molecule has 5 heteroatoms. The van der Waals surface area contributed by atoms with Crippen molar-refractivity contribution in [3.8, 4) is 0 Å². The molecule has 0 unspecified atom stereocenters. The number of quaternary nitrogens is 1. The van der Waals surface area contributed by atoms with Crippen LogP contribution in [0.1, 0.15) is 12.5 Å². The second-order valence-electron chi connectivity index (χ2n) is 6.66. The Balaban J connectivity index is 1.55. The summed E-state index contributed by atoms with van der Waals surface area (Å²) >= 11 is 0. The summed E-state index contributed by atoms with van der Waals surface area (Å²) < 4.78 is 13.6. The van der Waals surface area contributed by atoms with Gasteiger partial charge in [0.15, 0.2) is 6.04 Å². The number of carbonyl (C=O) groups excluding carboxylic acids is 1. The molecule has 2 aromatic rings. The van der Waals surface area contributed by atoms with Crippen molar-refractivity contribution in [1.29, 1.82) is 0 Å². The molecule has 3 rings (SSSR count). The lowest BCUT2D eigenvalue weighted by atomic mass is 10.1. The molecule has 4 nitrogen and oxygen atoms in total. The molecule has 2 aromatic carbocycles. The molecule has 1 saturated heterocycles. The summed E-state index contributed by atoms with van der Waals surface area (Å²) in [7, 11) is 0. The monoisotopic (exact) mass is 342 g/mol. The number of piperazine rings is 1. The number of hydrogen-bond acceptors (Lipinski definition) is 2. The average molecular weight is 342 g/mol. The average Bonchev–Trinajstić information content (AvgIpc) is 2.65. The Morgan fingerprint density at radius 3 is 2.48 bits per heavy atom. The van der Waals surface area contributed by atoms with Gasteiger partial charge in [0.05, 0.1) is 26.2 Å². The van der Waals surface area contributed by atoms with Gasteiger partial charge in [-0.3, -0.25) is 4.79 Å². The van der Waals surface area contributed by atoms with Gasteiger partial charge in [0, 0.05) is 11.4 Å². The third-order valence-electron chi connectivity index (χ3n) is 4.97. The molecular weight excluding hydrogens is 317 g/mol. The van der Waals surface area contributed by atoms with Crippen LogP contribution in [0.2, 0.25) is 0 Å². The van der Waals surface area contributed by atoms with Crippen molar-refractivity contribution in [2.75, 3.05) is 36.4 Å². The fourth-order valence-corrected chi connectivity index (χ4v) is 3.23. The minimum atomic E-state index is -0.297. The molecule has 2 N–H and O–H groups in total. The molecule has 25 heavy (non-hydrogen) atoms. The number of anilines is 2. The Kier molecular flexibility index (Phi) is 5.34. The van der Waals surface area contributed by atoms with Crippen LogP contribution in [0.3, 0.4) is 0 Å². The zero-order valence-corrected chi connectivity index (χ0v) is 14.8. The first-order valence-electron chi connectivity index (χ1n) is 8.76. The molecule has 1 amide bonds. The van der Waals surface area contributed by atoms with Crippen molar-refractivity contribution in [3.05, 3.63) is 59.9 Å². The molecular formula is C20H25FN3O+. The van der Waals surface area contributed by atoms with Crippen molar-refractivity contribution in [1.82, 2.24) is 0 Å². The minimum Gasteiger partial charge on any atom is -0.360 e. The van der Waals surface area contributed by atoms with E-state index in [1.165, 1.54) is 16.7 Å². The van der Waals surface area contributed by atoms with Crippen LogP contribution < -0.4 is 15.1 Å². The summed E-state index contributed by atoms with van der Waals surface area (Å²) in [6.45, 7) is 7.32. The summed E-state index contributed by atoms with van der Waals surface area (Å²) in [4.78, 5) is 16.1. The molecule has 0 bridgehead atoms. The smallest absolute Gasteiger partial charge is 0.282 e. The number of rotatable bonds is 4. The number of hydrogen-bond donors (Lipinski definition) is 2. The molecule has 132 valence electrons. The van der Waals surface area contributed by atoms with E-state index in [1.807, 2.05) is 25.1 Å². The predicted octanol–water partition coefficient (Wildman–Crippen LogP) is 1.87. The third-order valence-corrected chi connectivity index (χ3v) is 4.97. The maximum Gasteiger partial charge on any atom is 0.282 e. The van der Waals surface area contributed by atoms with E-state index in [0.717, 1.165) is 26.2 Å². The maximum absolute atomic E-state index is 13.6. The van der Waals surface area contributed by atoms with Gasteiger partial charge < -0.3 is 15.1 Å². The Hall–Kier alpha value is -2.40. The van der Waals surface area contributed by atoms with Crippen molar-refractivity contribution in [3.63, 3.8) is 0 Å². The normalized spacial score (nSPS) is 16.5. The largest absolute Gasteiger partial charge is 0.360 e. The molecule has 1 heterocycles. The number of amides is 1. The molecule has 1 atom stereocenters. The van der Waals surface area contributed by atoms with Crippen LogP contribution in [0.5, 0.6) is 0 Å². The van der Waals surface area contributed by atoms with E-state index in [0.29, 0.717) is 11.3 Å². The molecule has 0 spiro atoms. The molecule has 0 radical (unpaired) electrons. The van der Waals surface area contributed by atoms with Gasteiger partial charge >= 0.3 is 0 Å². The molecule has 0 saturated carbocycles. The lowest BCUT2D eigenvalue weighted by molar-refractivity contribution is -0.914. The molecule has 1 fully saturated rings. The highest BCUT2D eigenvalue weighted by atomic mass is 19.1. The van der Waals surface area contributed by atoms with Gasteiger partial charge in [0.2, 0.25) is 0 Å². The van der Waals surface area contributed by atoms with Gasteiger partial charge in [0.25, 0.3) is 5.91 Å². The van der Waals surface area contributed by atoms with Crippen LogP contribution in [0.4, 0.5) is 15.8 Å². The molecule has 0 aromatic heterocycles. The summed E-state index contributed by atoms with van der Waals surface area (Å²) in [6.07, 6.45) is 0. The van der Waals surface area contributed by atoms with E-state index in [1.54, 1.807) is 19.1 Å². The van der Waals surface area contributed by atoms with Gasteiger partial charge in [-0.2, -0.15) is 0 Å². The van der Waals surface area contributed by atoms with E-state index in [-0.39, 0.29) is 17.8 Å². The lowest BCUT2D eigenvalue weighted by Crippen LogP contribution is -3.19. The minimum absolute atomic E-state index is 0.0635. The van der Waals surface area contributed by atoms with E-state index in [4.69, 9.17) is 0 Å². The number of nitrogens with one attached hydrogen (secondary N) is 2. The van der Waals surface area contributed by atoms with E-state index in [2.05, 4.69) is 22.3 Å². The Morgan fingerprint density at radius 1 is 1.16 bits per heavy atom. The first kappa shape index (κ1) is 17.4. The SMILES string of the molecule is Cc1ccc(NC(=O)[C@H](C)[NH+]2CCN(c3ccccc3)CC2)cc1F. The maximum atomic E-state index is 13.6. The lowest BCUT2D eigenvalue weighted by Gasteiger charge is -2.36. The van der Waals surface area contributed by atoms with Crippen molar-refractivity contribution in [2.45, 2.75) is 19.9 Å². The summed E-state index contributed by atoms with van der Waals surface area (Å²) in [5.41, 5.74) is 2.32. The molecule has 1 aliphatic heterocycles. The van der Waals surface area contributed by atoms with Crippen LogP contribution in [0.25, 0.3) is 0 Å². The molecule has 1 aliphatic rings. The third kappa shape index (κ3) is 4.17. The number of benzene rings is 2. The van der Waals surface area contributed by atoms with Crippen LogP contribution in [-0.4, -0.2) is 38.1 Å². The summed E-state index contributed by atoms with van der Waals surface area (Å²) in [5.74, 6) is -0.360. The van der Waals surface area contributed by atoms with E-state index in [9.17, 15) is 9.18 Å². The van der Waals surface area contributed by atoms with Crippen LogP contribution >= 0.6 is 0 Å². The van der Waals surface area contributed by atoms with Crippen molar-refractivity contribution < 1.29 is 14.1 Å². The number of aryl methyl sites for hydroxylation is 1. The van der Waals surface area contributed by atoms with Gasteiger partial charge in [-0.15, -0.1) is 0 Å². The fraction of sp³-hybridized carbons (Fsp3) is 0.350. The second kappa shape index (κ2) is 7.66. The first-order valence-corrected chi connectivity index (χ1v) is 8.76. The van der Waals surface area contributed by atoms with Crippen LogP contribution in [0.15, 0.2) is 48.5 Å². The predicted molar refractivity (Wildman–Crippen MR) is 98.6 cm³/mol. The number of halogens is 1. The highest BCUT2D eigenvalue weighted by molar-refractivity contribution is 5.93. The van der Waals surface area contributed by atoms with Crippen molar-refractivity contribution in [2.24, 2.45) is 0 Å². The molecule has 0 aliphatic carbocycles. The summed E-state index contributed by atoms with van der Waals surface area (Å²) in [5, 5.41) is 2.84. The Bertz CT molecular complexity index is 727. The highest BCUT2D eigenvalue weighted by Gasteiger charge is 2.29. The zero-order valence-electron chi connectivity index (χ0n) is 14.8. The number of carbonyl (C=O) groups is 1.